The van der Waals surface area contributed by atoms with Crippen LogP contribution in [-0.4, -0.2) is 17.8 Å². The smallest absolute Gasteiger partial charge is 0.102 e. The number of nitrogens with one attached hydrogen (secondary N) is 1. The molecule has 4 heteroatoms. The first-order chi connectivity index (χ1) is 7.76. The second-order valence-corrected chi connectivity index (χ2v) is 5.18. The lowest BCUT2D eigenvalue weighted by atomic mass is 10.2. The third-order valence-electron chi connectivity index (χ3n) is 2.62. The lowest BCUT2D eigenvalue weighted by molar-refractivity contribution is 1.00. The van der Waals surface area contributed by atoms with E-state index in [4.69, 9.17) is 5.73 Å². The number of rotatable bonds is 4. The third-order valence-corrected chi connectivity index (χ3v) is 3.56. The van der Waals surface area contributed by atoms with E-state index in [1.165, 1.54) is 0 Å². The van der Waals surface area contributed by atoms with Crippen LogP contribution in [0.2, 0.25) is 0 Å². The number of nitrogens with zero attached hydrogens (tertiary/aromatic N) is 1. The van der Waals surface area contributed by atoms with Crippen molar-refractivity contribution in [2.24, 2.45) is 5.73 Å². The second-order valence-electron chi connectivity index (χ2n) is 3.87. The Morgan fingerprint density at radius 3 is 2.94 bits per heavy atom. The van der Waals surface area contributed by atoms with Crippen molar-refractivity contribution in [3.63, 3.8) is 0 Å². The maximum absolute atomic E-state index is 9.19. The highest BCUT2D eigenvalue weighted by molar-refractivity contribution is 7.99. The van der Waals surface area contributed by atoms with E-state index in [1.54, 1.807) is 11.8 Å². The van der Waals surface area contributed by atoms with Crippen molar-refractivity contribution in [1.82, 2.24) is 0 Å². The lowest BCUT2D eigenvalue weighted by Crippen LogP contribution is -2.14. The molecule has 0 spiro atoms. The van der Waals surface area contributed by atoms with Gasteiger partial charge in [0.05, 0.1) is 11.3 Å². The van der Waals surface area contributed by atoms with Crippen molar-refractivity contribution in [2.45, 2.75) is 30.3 Å². The van der Waals surface area contributed by atoms with E-state index < -0.39 is 0 Å². The number of nitriles is 1. The molecule has 0 heterocycles. The molecule has 0 aliphatic heterocycles. The van der Waals surface area contributed by atoms with Crippen LogP contribution in [0, 0.1) is 11.3 Å². The summed E-state index contributed by atoms with van der Waals surface area (Å²) in [5.41, 5.74) is 7.41. The summed E-state index contributed by atoms with van der Waals surface area (Å²) in [5.74, 6) is 0.973. The highest BCUT2D eigenvalue weighted by Gasteiger charge is 2.33. The van der Waals surface area contributed by atoms with Crippen molar-refractivity contribution in [3.8, 4) is 6.07 Å². The monoisotopic (exact) mass is 233 g/mol. The molecule has 1 aromatic carbocycles. The zero-order valence-electron chi connectivity index (χ0n) is 9.23. The average Bonchev–Trinajstić information content (AvgIpc) is 2.95. The van der Waals surface area contributed by atoms with Crippen LogP contribution < -0.4 is 11.1 Å². The van der Waals surface area contributed by atoms with E-state index in [0.717, 1.165) is 28.3 Å². The SMILES string of the molecule is CCSc1cccc(NC2CC2N)c1C#N. The molecule has 3 nitrogen and oxygen atoms in total. The molecule has 1 aliphatic carbocycles. The first kappa shape index (κ1) is 11.3. The summed E-state index contributed by atoms with van der Waals surface area (Å²) in [7, 11) is 0. The number of hydrogen-bond donors (Lipinski definition) is 2. The van der Waals surface area contributed by atoms with Gasteiger partial charge in [0.2, 0.25) is 0 Å². The van der Waals surface area contributed by atoms with E-state index >= 15 is 0 Å². The van der Waals surface area contributed by atoms with Crippen LogP contribution in [0.4, 0.5) is 5.69 Å². The van der Waals surface area contributed by atoms with Gasteiger partial charge in [0.25, 0.3) is 0 Å². The number of nitrogens with two attached hydrogens (primary N) is 1. The Labute approximate surface area is 100 Å². The summed E-state index contributed by atoms with van der Waals surface area (Å²) in [4.78, 5) is 1.05. The molecule has 0 saturated heterocycles. The van der Waals surface area contributed by atoms with Crippen LogP contribution in [0.5, 0.6) is 0 Å². The van der Waals surface area contributed by atoms with Crippen molar-refractivity contribution in [3.05, 3.63) is 23.8 Å². The Balaban J connectivity index is 2.23. The minimum absolute atomic E-state index is 0.244. The van der Waals surface area contributed by atoms with Gasteiger partial charge in [-0.15, -0.1) is 11.8 Å². The Hall–Kier alpha value is -1.18. The van der Waals surface area contributed by atoms with Crippen LogP contribution in [0.15, 0.2) is 23.1 Å². The molecule has 1 fully saturated rings. The van der Waals surface area contributed by atoms with Crippen LogP contribution >= 0.6 is 11.8 Å². The molecule has 1 aromatic rings. The van der Waals surface area contributed by atoms with E-state index in [1.807, 2.05) is 18.2 Å². The molecule has 84 valence electrons. The minimum Gasteiger partial charge on any atom is -0.380 e. The normalized spacial score (nSPS) is 22.6. The van der Waals surface area contributed by atoms with Crippen molar-refractivity contribution in [1.29, 1.82) is 5.26 Å². The molecular weight excluding hydrogens is 218 g/mol. The van der Waals surface area contributed by atoms with Gasteiger partial charge < -0.3 is 11.1 Å². The second kappa shape index (κ2) is 4.77. The molecular formula is C12H15N3S. The first-order valence-electron chi connectivity index (χ1n) is 5.44. The summed E-state index contributed by atoms with van der Waals surface area (Å²) in [6, 6.07) is 8.78. The van der Waals surface area contributed by atoms with E-state index in [0.29, 0.717) is 6.04 Å². The maximum Gasteiger partial charge on any atom is 0.102 e. The third kappa shape index (κ3) is 2.31. The fourth-order valence-electron chi connectivity index (χ4n) is 1.62. The fraction of sp³-hybridized carbons (Fsp3) is 0.417. The molecule has 2 rings (SSSR count). The van der Waals surface area contributed by atoms with Gasteiger partial charge in [-0.25, -0.2) is 0 Å². The number of hydrogen-bond acceptors (Lipinski definition) is 4. The van der Waals surface area contributed by atoms with Gasteiger partial charge >= 0.3 is 0 Å². The van der Waals surface area contributed by atoms with Crippen LogP contribution in [-0.2, 0) is 0 Å². The Kier molecular flexibility index (Phi) is 3.37. The zero-order chi connectivity index (χ0) is 11.5. The largest absolute Gasteiger partial charge is 0.380 e. The Morgan fingerprint density at radius 1 is 1.62 bits per heavy atom. The highest BCUT2D eigenvalue weighted by atomic mass is 32.2. The van der Waals surface area contributed by atoms with Crippen molar-refractivity contribution in [2.75, 3.05) is 11.1 Å². The number of anilines is 1. The predicted molar refractivity (Wildman–Crippen MR) is 67.6 cm³/mol. The molecule has 3 N–H and O–H groups in total. The zero-order valence-corrected chi connectivity index (χ0v) is 10.1. The van der Waals surface area contributed by atoms with Gasteiger partial charge in [-0.1, -0.05) is 13.0 Å². The molecule has 0 amide bonds. The maximum atomic E-state index is 9.19. The number of benzene rings is 1. The summed E-state index contributed by atoms with van der Waals surface area (Å²) in [6.45, 7) is 2.09. The highest BCUT2D eigenvalue weighted by Crippen LogP contribution is 2.31. The summed E-state index contributed by atoms with van der Waals surface area (Å²) in [6.07, 6.45) is 0.996. The average molecular weight is 233 g/mol. The summed E-state index contributed by atoms with van der Waals surface area (Å²) >= 11 is 1.70. The van der Waals surface area contributed by atoms with Gasteiger partial charge in [0.1, 0.15) is 6.07 Å². The Morgan fingerprint density at radius 2 is 2.38 bits per heavy atom. The van der Waals surface area contributed by atoms with E-state index in [9.17, 15) is 5.26 Å². The lowest BCUT2D eigenvalue weighted by Gasteiger charge is -2.10. The molecule has 0 bridgehead atoms. The first-order valence-corrected chi connectivity index (χ1v) is 6.42. The number of thioether (sulfide) groups is 1. The summed E-state index contributed by atoms with van der Waals surface area (Å²) in [5, 5.41) is 12.5. The van der Waals surface area contributed by atoms with Gasteiger partial charge in [0, 0.05) is 17.0 Å². The van der Waals surface area contributed by atoms with Gasteiger partial charge in [-0.2, -0.15) is 5.26 Å². The molecule has 0 aromatic heterocycles. The topological polar surface area (TPSA) is 61.8 Å². The molecule has 1 aliphatic rings. The molecule has 16 heavy (non-hydrogen) atoms. The molecule has 2 unspecified atom stereocenters. The van der Waals surface area contributed by atoms with Crippen LogP contribution in [0.25, 0.3) is 0 Å². The Bertz CT molecular complexity index is 425. The predicted octanol–water partition coefficient (Wildman–Crippen LogP) is 2.18. The minimum atomic E-state index is 0.244. The van der Waals surface area contributed by atoms with E-state index in [2.05, 4.69) is 18.3 Å². The molecule has 2 atom stereocenters. The quantitative estimate of drug-likeness (QED) is 0.782. The van der Waals surface area contributed by atoms with Crippen molar-refractivity contribution >= 4 is 17.4 Å². The van der Waals surface area contributed by atoms with Crippen molar-refractivity contribution < 1.29 is 0 Å². The van der Waals surface area contributed by atoms with E-state index in [-0.39, 0.29) is 6.04 Å². The van der Waals surface area contributed by atoms with Gasteiger partial charge in [0.15, 0.2) is 0 Å². The molecule has 0 radical (unpaired) electrons. The fourth-order valence-corrected chi connectivity index (χ4v) is 2.41. The molecule has 1 saturated carbocycles. The van der Waals surface area contributed by atoms with Crippen LogP contribution in [0.1, 0.15) is 18.9 Å². The summed E-state index contributed by atoms with van der Waals surface area (Å²) < 4.78 is 0. The van der Waals surface area contributed by atoms with Gasteiger partial charge in [-0.05, 0) is 24.3 Å². The van der Waals surface area contributed by atoms with Gasteiger partial charge in [-0.3, -0.25) is 0 Å². The standard InChI is InChI=1S/C12H15N3S/c1-2-16-12-5-3-4-10(8(12)7-13)15-11-6-9(11)14/h3-5,9,11,15H,2,6,14H2,1H3. The van der Waals surface area contributed by atoms with Crippen LogP contribution in [0.3, 0.4) is 0 Å².